The van der Waals surface area contributed by atoms with Crippen molar-refractivity contribution in [3.63, 3.8) is 0 Å². The van der Waals surface area contributed by atoms with Gasteiger partial charge in [-0.15, -0.1) is 0 Å². The summed E-state index contributed by atoms with van der Waals surface area (Å²) in [7, 11) is -2.02. The smallest absolute Gasteiger partial charge is 0.444 e. The second-order valence-electron chi connectivity index (χ2n) is 4.70. The fraction of sp³-hybridized carbons (Fsp3) is 0.364. The zero-order valence-corrected chi connectivity index (χ0v) is 10.4. The molecule has 1 amide bonds. The van der Waals surface area contributed by atoms with Gasteiger partial charge in [-0.1, -0.05) is 6.07 Å². The molecule has 0 aliphatic heterocycles. The van der Waals surface area contributed by atoms with Crippen LogP contribution in [0.25, 0.3) is 0 Å². The molecule has 1 aromatic rings. The molecule has 0 fully saturated rings. The number of anilines is 1. The van der Waals surface area contributed by atoms with Gasteiger partial charge in [0.05, 0.1) is 0 Å². The summed E-state index contributed by atoms with van der Waals surface area (Å²) in [5, 5.41) is 20.4. The summed E-state index contributed by atoms with van der Waals surface area (Å²) < 4.78 is 18.4. The summed E-state index contributed by atoms with van der Waals surface area (Å²) >= 11 is 0. The van der Waals surface area contributed by atoms with Crippen LogP contribution in [0, 0.1) is 5.82 Å². The Morgan fingerprint density at radius 2 is 2.00 bits per heavy atom. The summed E-state index contributed by atoms with van der Waals surface area (Å²) in [5.41, 5.74) is -1.14. The predicted molar refractivity (Wildman–Crippen MR) is 66.1 cm³/mol. The number of ether oxygens (including phenoxy) is 1. The van der Waals surface area contributed by atoms with Gasteiger partial charge < -0.3 is 14.8 Å². The maximum absolute atomic E-state index is 13.4. The second-order valence-corrected chi connectivity index (χ2v) is 4.70. The lowest BCUT2D eigenvalue weighted by atomic mass is 9.78. The Hall–Kier alpha value is -1.60. The predicted octanol–water partition coefficient (Wildman–Crippen LogP) is 0.852. The lowest BCUT2D eigenvalue weighted by Crippen LogP contribution is -2.37. The SMILES string of the molecule is CC(C)(C)OC(=O)Nc1cccc(F)c1B(O)O. The van der Waals surface area contributed by atoms with E-state index in [1.54, 1.807) is 20.8 Å². The molecule has 0 bridgehead atoms. The van der Waals surface area contributed by atoms with Crippen molar-refractivity contribution < 1.29 is 24.0 Å². The minimum absolute atomic E-state index is 0.0424. The number of nitrogens with one attached hydrogen (secondary N) is 1. The number of benzene rings is 1. The van der Waals surface area contributed by atoms with Gasteiger partial charge in [-0.3, -0.25) is 5.32 Å². The molecule has 3 N–H and O–H groups in total. The summed E-state index contributed by atoms with van der Waals surface area (Å²) in [6.45, 7) is 5.04. The maximum Gasteiger partial charge on any atom is 0.493 e. The molecule has 0 heterocycles. The Morgan fingerprint density at radius 1 is 1.39 bits per heavy atom. The lowest BCUT2D eigenvalue weighted by molar-refractivity contribution is 0.0636. The van der Waals surface area contributed by atoms with Gasteiger partial charge in [-0.25, -0.2) is 9.18 Å². The molecule has 0 radical (unpaired) electrons. The molecule has 5 nitrogen and oxygen atoms in total. The molecule has 0 aliphatic rings. The average molecular weight is 255 g/mol. The highest BCUT2D eigenvalue weighted by Crippen LogP contribution is 2.11. The Bertz CT molecular complexity index is 445. The van der Waals surface area contributed by atoms with E-state index in [4.69, 9.17) is 14.8 Å². The Morgan fingerprint density at radius 3 is 2.50 bits per heavy atom. The monoisotopic (exact) mass is 255 g/mol. The quantitative estimate of drug-likeness (QED) is 0.684. The zero-order chi connectivity index (χ0) is 13.9. The van der Waals surface area contributed by atoms with Crippen molar-refractivity contribution in [2.45, 2.75) is 26.4 Å². The number of hydrogen-bond donors (Lipinski definition) is 3. The van der Waals surface area contributed by atoms with E-state index in [0.717, 1.165) is 6.07 Å². The van der Waals surface area contributed by atoms with Gasteiger partial charge in [-0.05, 0) is 32.9 Å². The van der Waals surface area contributed by atoms with Gasteiger partial charge in [0.15, 0.2) is 0 Å². The van der Waals surface area contributed by atoms with Gasteiger partial charge >= 0.3 is 13.2 Å². The first-order valence-electron chi connectivity index (χ1n) is 5.35. The van der Waals surface area contributed by atoms with E-state index in [0.29, 0.717) is 0 Å². The standard InChI is InChI=1S/C11H15BFNO4/c1-11(2,3)18-10(15)14-8-6-4-5-7(13)9(8)12(16)17/h4-6,16-17H,1-3H3,(H,14,15). The van der Waals surface area contributed by atoms with Crippen LogP contribution in [-0.4, -0.2) is 28.9 Å². The highest BCUT2D eigenvalue weighted by molar-refractivity contribution is 6.60. The van der Waals surface area contributed by atoms with Gasteiger partial charge in [0, 0.05) is 11.2 Å². The molecule has 18 heavy (non-hydrogen) atoms. The normalized spacial score (nSPS) is 11.0. The van der Waals surface area contributed by atoms with Crippen molar-refractivity contribution >= 4 is 24.4 Å². The van der Waals surface area contributed by atoms with Crippen molar-refractivity contribution in [1.82, 2.24) is 0 Å². The minimum Gasteiger partial charge on any atom is -0.444 e. The van der Waals surface area contributed by atoms with Crippen LogP contribution in [0.5, 0.6) is 0 Å². The lowest BCUT2D eigenvalue weighted by Gasteiger charge is -2.20. The molecule has 0 aromatic heterocycles. The third-order valence-electron chi connectivity index (χ3n) is 1.95. The molecule has 0 atom stereocenters. The van der Waals surface area contributed by atoms with Crippen molar-refractivity contribution in [3.8, 4) is 0 Å². The molecule has 0 unspecified atom stereocenters. The largest absolute Gasteiger partial charge is 0.493 e. The van der Waals surface area contributed by atoms with Crippen LogP contribution < -0.4 is 10.8 Å². The van der Waals surface area contributed by atoms with Crippen molar-refractivity contribution in [2.75, 3.05) is 5.32 Å². The first-order valence-corrected chi connectivity index (χ1v) is 5.35. The van der Waals surface area contributed by atoms with Crippen LogP contribution >= 0.6 is 0 Å². The van der Waals surface area contributed by atoms with Crippen molar-refractivity contribution in [2.24, 2.45) is 0 Å². The van der Waals surface area contributed by atoms with Crippen LogP contribution in [-0.2, 0) is 4.74 Å². The van der Waals surface area contributed by atoms with Gasteiger partial charge in [0.2, 0.25) is 0 Å². The Labute approximate surface area is 105 Å². The number of carbonyl (C=O) groups excluding carboxylic acids is 1. The van der Waals surface area contributed by atoms with E-state index >= 15 is 0 Å². The van der Waals surface area contributed by atoms with E-state index in [2.05, 4.69) is 5.32 Å². The summed E-state index contributed by atoms with van der Waals surface area (Å²) in [6.07, 6.45) is -0.796. The van der Waals surface area contributed by atoms with E-state index in [-0.39, 0.29) is 5.69 Å². The van der Waals surface area contributed by atoms with Crippen LogP contribution in [0.1, 0.15) is 20.8 Å². The molecule has 0 spiro atoms. The Kier molecular flexibility index (Phi) is 4.31. The van der Waals surface area contributed by atoms with Crippen molar-refractivity contribution in [3.05, 3.63) is 24.0 Å². The summed E-state index contributed by atoms with van der Waals surface area (Å²) in [4.78, 5) is 11.5. The first-order chi connectivity index (χ1) is 8.20. The molecule has 1 rings (SSSR count). The third-order valence-corrected chi connectivity index (χ3v) is 1.95. The molecule has 98 valence electrons. The molecule has 0 saturated carbocycles. The molecule has 7 heteroatoms. The van der Waals surface area contributed by atoms with Crippen LogP contribution in [0.2, 0.25) is 0 Å². The fourth-order valence-electron chi connectivity index (χ4n) is 1.32. The van der Waals surface area contributed by atoms with Crippen LogP contribution in [0.4, 0.5) is 14.9 Å². The second kappa shape index (κ2) is 5.37. The first kappa shape index (κ1) is 14.5. The van der Waals surface area contributed by atoms with E-state index in [1.165, 1.54) is 12.1 Å². The van der Waals surface area contributed by atoms with Gasteiger partial charge in [0.1, 0.15) is 11.4 Å². The van der Waals surface area contributed by atoms with E-state index < -0.39 is 30.1 Å². The summed E-state index contributed by atoms with van der Waals surface area (Å²) in [6, 6.07) is 3.75. The minimum atomic E-state index is -2.02. The topological polar surface area (TPSA) is 78.8 Å². The molecule has 0 aliphatic carbocycles. The highest BCUT2D eigenvalue weighted by atomic mass is 19.1. The zero-order valence-electron chi connectivity index (χ0n) is 10.4. The molecular formula is C11H15BFNO4. The van der Waals surface area contributed by atoms with Crippen LogP contribution in [0.15, 0.2) is 18.2 Å². The highest BCUT2D eigenvalue weighted by Gasteiger charge is 2.23. The van der Waals surface area contributed by atoms with E-state index in [1.807, 2.05) is 0 Å². The fourth-order valence-corrected chi connectivity index (χ4v) is 1.32. The van der Waals surface area contributed by atoms with Crippen LogP contribution in [0.3, 0.4) is 0 Å². The maximum atomic E-state index is 13.4. The molecular weight excluding hydrogens is 240 g/mol. The average Bonchev–Trinajstić information content (AvgIpc) is 2.13. The number of amides is 1. The number of hydrogen-bond acceptors (Lipinski definition) is 4. The number of rotatable bonds is 2. The van der Waals surface area contributed by atoms with Gasteiger partial charge in [-0.2, -0.15) is 0 Å². The summed E-state index contributed by atoms with van der Waals surface area (Å²) in [5.74, 6) is -0.821. The van der Waals surface area contributed by atoms with Gasteiger partial charge in [0.25, 0.3) is 0 Å². The molecule has 0 saturated heterocycles. The van der Waals surface area contributed by atoms with Crippen molar-refractivity contribution in [1.29, 1.82) is 0 Å². The Balaban J connectivity index is 2.91. The molecule has 1 aromatic carbocycles. The number of carbonyl (C=O) groups is 1. The van der Waals surface area contributed by atoms with E-state index in [9.17, 15) is 9.18 Å². The third kappa shape index (κ3) is 4.01. The number of halogens is 1.